The second-order valence-electron chi connectivity index (χ2n) is 4.61. The lowest BCUT2D eigenvalue weighted by molar-refractivity contribution is 1.17. The first kappa shape index (κ1) is 14.9. The van der Waals surface area contributed by atoms with Gasteiger partial charge in [-0.1, -0.05) is 48.9 Å². The highest BCUT2D eigenvalue weighted by molar-refractivity contribution is 8.11. The molecule has 0 atom stereocenters. The summed E-state index contributed by atoms with van der Waals surface area (Å²) in [6.07, 6.45) is 0. The predicted molar refractivity (Wildman–Crippen MR) is 97.9 cm³/mol. The summed E-state index contributed by atoms with van der Waals surface area (Å²) >= 11 is 9.80. The number of para-hydroxylation sites is 1. The quantitative estimate of drug-likeness (QED) is 0.682. The number of halogens is 1. The van der Waals surface area contributed by atoms with Crippen molar-refractivity contribution < 1.29 is 0 Å². The van der Waals surface area contributed by atoms with Crippen molar-refractivity contribution in [2.75, 3.05) is 16.5 Å². The molecule has 1 aliphatic heterocycles. The Morgan fingerprint density at radius 1 is 1.10 bits per heavy atom. The van der Waals surface area contributed by atoms with Crippen LogP contribution in [0.5, 0.6) is 0 Å². The molecule has 1 aliphatic rings. The van der Waals surface area contributed by atoms with Crippen LogP contribution in [0.2, 0.25) is 5.02 Å². The highest BCUT2D eigenvalue weighted by Crippen LogP contribution is 2.46. The SMILES string of the molecule is CCSC1=C(c2ccc(Cl)cc2)SCN1c1ccccc1. The fourth-order valence-electron chi connectivity index (χ4n) is 2.26. The van der Waals surface area contributed by atoms with Crippen molar-refractivity contribution >= 4 is 45.7 Å². The Bertz CT molecular complexity index is 638. The van der Waals surface area contributed by atoms with E-state index in [0.29, 0.717) is 0 Å². The number of hydrogen-bond acceptors (Lipinski definition) is 3. The minimum absolute atomic E-state index is 0.784. The third kappa shape index (κ3) is 3.25. The van der Waals surface area contributed by atoms with Gasteiger partial charge < -0.3 is 4.90 Å². The van der Waals surface area contributed by atoms with Gasteiger partial charge >= 0.3 is 0 Å². The summed E-state index contributed by atoms with van der Waals surface area (Å²) in [6, 6.07) is 18.7. The molecule has 0 unspecified atom stereocenters. The second kappa shape index (κ2) is 6.82. The summed E-state index contributed by atoms with van der Waals surface area (Å²) < 4.78 is 0. The van der Waals surface area contributed by atoms with Gasteiger partial charge in [-0.15, -0.1) is 23.5 Å². The number of hydrogen-bond donors (Lipinski definition) is 0. The van der Waals surface area contributed by atoms with Crippen LogP contribution in [-0.2, 0) is 0 Å². The highest BCUT2D eigenvalue weighted by Gasteiger charge is 2.25. The largest absolute Gasteiger partial charge is 0.325 e. The number of thioether (sulfide) groups is 2. The molecule has 4 heteroatoms. The van der Waals surface area contributed by atoms with Gasteiger partial charge in [0, 0.05) is 15.6 Å². The summed E-state index contributed by atoms with van der Waals surface area (Å²) in [4.78, 5) is 3.74. The minimum atomic E-state index is 0.784. The molecule has 0 saturated carbocycles. The van der Waals surface area contributed by atoms with Gasteiger partial charge in [0.15, 0.2) is 0 Å². The lowest BCUT2D eigenvalue weighted by Crippen LogP contribution is -2.16. The monoisotopic (exact) mass is 333 g/mol. The van der Waals surface area contributed by atoms with Crippen molar-refractivity contribution in [3.05, 3.63) is 70.2 Å². The Kier molecular flexibility index (Phi) is 4.84. The molecule has 2 aromatic rings. The molecule has 0 aromatic heterocycles. The molecule has 0 bridgehead atoms. The van der Waals surface area contributed by atoms with Crippen molar-refractivity contribution in [2.45, 2.75) is 6.92 Å². The second-order valence-corrected chi connectivity index (χ2v) is 7.26. The van der Waals surface area contributed by atoms with Crippen LogP contribution in [0.3, 0.4) is 0 Å². The molecule has 3 rings (SSSR count). The summed E-state index contributed by atoms with van der Waals surface area (Å²) in [5.41, 5.74) is 2.50. The van der Waals surface area contributed by atoms with Gasteiger partial charge in [0.2, 0.25) is 0 Å². The van der Waals surface area contributed by atoms with E-state index in [-0.39, 0.29) is 0 Å². The zero-order valence-corrected chi connectivity index (χ0v) is 14.1. The van der Waals surface area contributed by atoms with Gasteiger partial charge in [-0.05, 0) is 35.6 Å². The average molecular weight is 334 g/mol. The van der Waals surface area contributed by atoms with E-state index in [4.69, 9.17) is 11.6 Å². The van der Waals surface area contributed by atoms with Crippen LogP contribution in [0.25, 0.3) is 4.91 Å². The fourth-order valence-corrected chi connectivity index (χ4v) is 4.74. The first-order valence-electron chi connectivity index (χ1n) is 6.88. The zero-order valence-electron chi connectivity index (χ0n) is 11.8. The maximum absolute atomic E-state index is 6.00. The van der Waals surface area contributed by atoms with Crippen molar-refractivity contribution in [1.29, 1.82) is 0 Å². The molecule has 108 valence electrons. The molecule has 0 saturated heterocycles. The molecule has 1 heterocycles. The zero-order chi connectivity index (χ0) is 14.7. The smallest absolute Gasteiger partial charge is 0.0904 e. The number of rotatable bonds is 4. The average Bonchev–Trinajstić information content (AvgIpc) is 2.93. The van der Waals surface area contributed by atoms with Gasteiger partial charge in [-0.2, -0.15) is 0 Å². The lowest BCUT2D eigenvalue weighted by atomic mass is 10.2. The molecular formula is C17H16ClNS2. The van der Waals surface area contributed by atoms with E-state index in [1.807, 2.05) is 35.7 Å². The molecule has 21 heavy (non-hydrogen) atoms. The van der Waals surface area contributed by atoms with Gasteiger partial charge in [-0.25, -0.2) is 0 Å². The number of benzene rings is 2. The van der Waals surface area contributed by atoms with Crippen molar-refractivity contribution in [1.82, 2.24) is 0 Å². The summed E-state index contributed by atoms with van der Waals surface area (Å²) in [5.74, 6) is 2.03. The van der Waals surface area contributed by atoms with E-state index in [1.54, 1.807) is 0 Å². The topological polar surface area (TPSA) is 3.24 Å². The standard InChI is InChI=1S/C17H16ClNS2/c1-2-20-17-16(13-8-10-14(18)11-9-13)21-12-19(17)15-6-4-3-5-7-15/h3-11H,2,12H2,1H3. The molecule has 0 radical (unpaired) electrons. The molecular weight excluding hydrogens is 318 g/mol. The molecule has 0 spiro atoms. The Labute approximate surface area is 139 Å². The maximum atomic E-state index is 6.00. The van der Waals surface area contributed by atoms with Crippen LogP contribution in [-0.4, -0.2) is 11.6 Å². The van der Waals surface area contributed by atoms with Crippen LogP contribution in [0.1, 0.15) is 12.5 Å². The van der Waals surface area contributed by atoms with Crippen LogP contribution in [0, 0.1) is 0 Å². The van der Waals surface area contributed by atoms with E-state index in [1.165, 1.54) is 21.2 Å². The molecule has 0 fully saturated rings. The Hall–Kier alpha value is -1.03. The Morgan fingerprint density at radius 3 is 2.48 bits per heavy atom. The fraction of sp³-hybridized carbons (Fsp3) is 0.176. The third-order valence-electron chi connectivity index (χ3n) is 3.23. The first-order valence-corrected chi connectivity index (χ1v) is 9.23. The van der Waals surface area contributed by atoms with Crippen LogP contribution in [0.4, 0.5) is 5.69 Å². The summed E-state index contributed by atoms with van der Waals surface area (Å²) in [6.45, 7) is 2.20. The van der Waals surface area contributed by atoms with Gasteiger partial charge in [0.1, 0.15) is 0 Å². The minimum Gasteiger partial charge on any atom is -0.325 e. The van der Waals surface area contributed by atoms with E-state index in [2.05, 4.69) is 54.3 Å². The Balaban J connectivity index is 2.00. The lowest BCUT2D eigenvalue weighted by Gasteiger charge is -2.21. The number of nitrogens with zero attached hydrogens (tertiary/aromatic N) is 1. The van der Waals surface area contributed by atoms with Gasteiger partial charge in [0.25, 0.3) is 0 Å². The molecule has 0 N–H and O–H groups in total. The normalized spacial score (nSPS) is 14.9. The van der Waals surface area contributed by atoms with E-state index in [9.17, 15) is 0 Å². The van der Waals surface area contributed by atoms with E-state index >= 15 is 0 Å². The van der Waals surface area contributed by atoms with E-state index < -0.39 is 0 Å². The van der Waals surface area contributed by atoms with Gasteiger partial charge in [-0.3, -0.25) is 0 Å². The van der Waals surface area contributed by atoms with E-state index in [0.717, 1.165) is 16.7 Å². The first-order chi connectivity index (χ1) is 10.3. The molecule has 2 aromatic carbocycles. The number of anilines is 1. The Morgan fingerprint density at radius 2 is 1.81 bits per heavy atom. The van der Waals surface area contributed by atoms with Crippen LogP contribution < -0.4 is 4.90 Å². The van der Waals surface area contributed by atoms with Crippen LogP contribution in [0.15, 0.2) is 59.6 Å². The van der Waals surface area contributed by atoms with Gasteiger partial charge in [0.05, 0.1) is 10.9 Å². The van der Waals surface area contributed by atoms with Crippen molar-refractivity contribution in [3.8, 4) is 0 Å². The molecule has 0 aliphatic carbocycles. The predicted octanol–water partition coefficient (Wildman–Crippen LogP) is 5.93. The van der Waals surface area contributed by atoms with Crippen LogP contribution >= 0.6 is 35.1 Å². The summed E-state index contributed by atoms with van der Waals surface area (Å²) in [7, 11) is 0. The molecule has 0 amide bonds. The maximum Gasteiger partial charge on any atom is 0.0904 e. The molecule has 1 nitrogen and oxygen atoms in total. The van der Waals surface area contributed by atoms with Crippen molar-refractivity contribution in [3.63, 3.8) is 0 Å². The summed E-state index contributed by atoms with van der Waals surface area (Å²) in [5, 5.41) is 2.13. The highest BCUT2D eigenvalue weighted by atomic mass is 35.5. The van der Waals surface area contributed by atoms with Crippen molar-refractivity contribution in [2.24, 2.45) is 0 Å². The third-order valence-corrected chi connectivity index (χ3v) is 5.71.